The van der Waals surface area contributed by atoms with Gasteiger partial charge in [0.05, 0.1) is 105 Å². The van der Waals surface area contributed by atoms with Crippen LogP contribution in [0.1, 0.15) is 240 Å². The quantitative estimate of drug-likeness (QED) is 0.0255. The summed E-state index contributed by atoms with van der Waals surface area (Å²) in [5.41, 5.74) is -1.32. The summed E-state index contributed by atoms with van der Waals surface area (Å²) in [7, 11) is 0. The number of rotatable bonds is 71. The fourth-order valence-corrected chi connectivity index (χ4v) is 18.3. The van der Waals surface area contributed by atoms with E-state index in [-0.39, 0.29) is 46.2 Å². The molecule has 16 unspecified atom stereocenters. The zero-order chi connectivity index (χ0) is 107. The Hall–Kier alpha value is -1.92. The van der Waals surface area contributed by atoms with Gasteiger partial charge in [-0.2, -0.15) is 0 Å². The summed E-state index contributed by atoms with van der Waals surface area (Å²) in [6, 6.07) is 0. The van der Waals surface area contributed by atoms with Gasteiger partial charge in [0, 0.05) is 33.0 Å². The van der Waals surface area contributed by atoms with Crippen molar-refractivity contribution in [3.8, 4) is 0 Å². The highest BCUT2D eigenvalue weighted by Crippen LogP contribution is 2.38. The molecule has 0 amide bonds. The predicted molar refractivity (Wildman–Crippen MR) is 510 cm³/mol. The number of hydrogen-bond donors (Lipinski definition) is 28. The van der Waals surface area contributed by atoms with Gasteiger partial charge >= 0.3 is 0 Å². The zero-order valence-corrected chi connectivity index (χ0v) is 85.8. The first-order valence-electron chi connectivity index (χ1n) is 53.4. The van der Waals surface area contributed by atoms with Crippen molar-refractivity contribution in [2.75, 3.05) is 132 Å². The minimum atomic E-state index is -1.88. The normalized spacial score (nSPS) is 37.2. The van der Waals surface area contributed by atoms with E-state index in [4.69, 9.17) is 94.7 Å². The van der Waals surface area contributed by atoms with E-state index in [0.717, 1.165) is 103 Å². The molecule has 0 aromatic heterocycles. The maximum atomic E-state index is 11.4. The molecule has 28 N–H and O–H groups in total. The average molecular weight is 2130 g/mol. The third kappa shape index (κ3) is 42.8. The van der Waals surface area contributed by atoms with Crippen LogP contribution in [-0.2, 0) is 94.7 Å². The van der Waals surface area contributed by atoms with Crippen LogP contribution in [0.4, 0.5) is 0 Å². The van der Waals surface area contributed by atoms with Crippen LogP contribution in [0.25, 0.3) is 0 Å². The van der Waals surface area contributed by atoms with Crippen molar-refractivity contribution in [1.82, 2.24) is 0 Å². The Morgan fingerprint density at radius 3 is 0.596 bits per heavy atom. The summed E-state index contributed by atoms with van der Waals surface area (Å²) in [5, 5.41) is 288. The van der Waals surface area contributed by atoms with E-state index in [1.165, 1.54) is 103 Å². The monoisotopic (exact) mass is 2130 g/mol. The smallest absolute Gasteiger partial charge is 0.187 e. The average Bonchev–Trinajstić information content (AvgIpc) is 0.790. The van der Waals surface area contributed by atoms with Crippen molar-refractivity contribution in [1.29, 1.82) is 0 Å². The molecule has 8 aliphatic rings. The lowest BCUT2D eigenvalue weighted by Crippen LogP contribution is -2.65. The lowest BCUT2D eigenvalue weighted by atomic mass is 9.91. The number of aliphatic hydroxyl groups is 28. The van der Waals surface area contributed by atoms with E-state index in [1.807, 2.05) is 0 Å². The van der Waals surface area contributed by atoms with Crippen LogP contribution < -0.4 is 0 Å². The Morgan fingerprint density at radius 2 is 0.356 bits per heavy atom. The molecule has 0 spiro atoms. The molecule has 48 nitrogen and oxygen atoms in total. The first kappa shape index (κ1) is 133. The summed E-state index contributed by atoms with van der Waals surface area (Å²) in [5.74, 6) is 0. The highest BCUT2D eigenvalue weighted by atomic mass is 16.8. The Bertz CT molecular complexity index is 3050. The lowest BCUT2D eigenvalue weighted by Gasteiger charge is -2.47. The van der Waals surface area contributed by atoms with Gasteiger partial charge in [0.1, 0.15) is 195 Å². The van der Waals surface area contributed by atoms with Crippen molar-refractivity contribution in [3.63, 3.8) is 0 Å². The number of unbranched alkanes of at least 4 members (excludes halogenated alkanes) is 28. The van der Waals surface area contributed by atoms with E-state index in [9.17, 15) is 143 Å². The van der Waals surface area contributed by atoms with Gasteiger partial charge < -0.3 is 238 Å². The highest BCUT2D eigenvalue weighted by Gasteiger charge is 2.57. The molecular formula is C98H186O48. The van der Waals surface area contributed by atoms with E-state index in [0.29, 0.717) is 39.5 Å². The van der Waals surface area contributed by atoms with Crippen molar-refractivity contribution >= 4 is 0 Å². The molecule has 0 aromatic rings. The molecule has 8 heterocycles. The molecule has 8 aliphatic heterocycles. The Kier molecular flexibility index (Phi) is 67.6. The second kappa shape index (κ2) is 74.4. The Balaban J connectivity index is 0.000000372. The van der Waals surface area contributed by atoms with Gasteiger partial charge in [-0.3, -0.25) is 0 Å². The molecule has 0 radical (unpaired) electrons. The fourth-order valence-electron chi connectivity index (χ4n) is 18.3. The zero-order valence-electron chi connectivity index (χ0n) is 85.8. The van der Waals surface area contributed by atoms with Crippen molar-refractivity contribution in [3.05, 3.63) is 0 Å². The second-order valence-electron chi connectivity index (χ2n) is 39.5. The van der Waals surface area contributed by atoms with Crippen molar-refractivity contribution < 1.29 is 238 Å². The summed E-state index contributed by atoms with van der Waals surface area (Å²) >= 11 is 0. The van der Waals surface area contributed by atoms with Crippen LogP contribution in [0, 0.1) is 5.41 Å². The molecular weight excluding hydrogens is 1950 g/mol. The van der Waals surface area contributed by atoms with E-state index in [1.54, 1.807) is 0 Å². The van der Waals surface area contributed by atoms with E-state index < -0.39 is 304 Å². The summed E-state index contributed by atoms with van der Waals surface area (Å²) in [6.07, 6.45) is -26.2. The van der Waals surface area contributed by atoms with Gasteiger partial charge in [-0.25, -0.2) is 0 Å². The second-order valence-corrected chi connectivity index (χ2v) is 39.5. The van der Waals surface area contributed by atoms with Gasteiger partial charge in [0.15, 0.2) is 50.3 Å². The topological polar surface area (TPSA) is 751 Å². The predicted octanol–water partition coefficient (Wildman–Crippen LogP) is -4.47. The summed E-state index contributed by atoms with van der Waals surface area (Å²) in [4.78, 5) is 0. The van der Waals surface area contributed by atoms with Gasteiger partial charge in [-0.1, -0.05) is 207 Å². The molecule has 866 valence electrons. The molecule has 8 saturated heterocycles. The molecule has 0 aromatic carbocycles. The third-order valence-electron chi connectivity index (χ3n) is 27.6. The lowest BCUT2D eigenvalue weighted by molar-refractivity contribution is -0.366. The number of ether oxygens (including phenoxy) is 20. The van der Waals surface area contributed by atoms with Gasteiger partial charge in [-0.15, -0.1) is 0 Å². The molecule has 0 aliphatic carbocycles. The molecule has 146 heavy (non-hydrogen) atoms. The van der Waals surface area contributed by atoms with E-state index in [2.05, 4.69) is 27.7 Å². The number of hydrogen-bond acceptors (Lipinski definition) is 48. The largest absolute Gasteiger partial charge is 0.394 e. The van der Waals surface area contributed by atoms with Crippen molar-refractivity contribution in [2.24, 2.45) is 5.41 Å². The van der Waals surface area contributed by atoms with Crippen LogP contribution >= 0.6 is 0 Å². The van der Waals surface area contributed by atoms with Crippen LogP contribution in [0.5, 0.6) is 0 Å². The first-order chi connectivity index (χ1) is 70.3. The van der Waals surface area contributed by atoms with Crippen LogP contribution in [0.2, 0.25) is 0 Å². The number of aliphatic hydroxyl groups excluding tert-OH is 28. The summed E-state index contributed by atoms with van der Waals surface area (Å²) in [6.45, 7) is 5.08. The maximum absolute atomic E-state index is 11.4. The molecule has 8 rings (SSSR count). The fraction of sp³-hybridized carbons (Fsp3) is 1.00. The van der Waals surface area contributed by atoms with Crippen LogP contribution in [0.15, 0.2) is 0 Å². The Morgan fingerprint density at radius 1 is 0.164 bits per heavy atom. The van der Waals surface area contributed by atoms with Crippen molar-refractivity contribution in [2.45, 2.75) is 485 Å². The standard InChI is InChI=1S/C49H92O24.C25H48O12.C24H46O12/c1-3-5-7-9-11-13-15-17-19-64-25-49(26-65-20-18-16-14-12-10-8-6-4-2,27-66-45-41(62)37(58)43(31(23-52)70-45)72-47-39(60)35(56)33(54)29(21-50)68-47)28-67-46-42(63)38(59)44(32(24-53)71-46)73-48-40(61)36(57)34(55)30(22-51)69-48;1-2-3-4-5-6-7-8-9-11-33-12-10-13-34-24-22(32)20(30)23(17(15-27)36-24)37-25-21(31)19(29)18(28)16(14-26)35-25;1-2-3-4-5-6-7-8-9-10-32-11-12-33-23-21(31)19(29)22(16(14-26)35-23)36-24-20(30)18(28)17(27)15(13-25)34-24/h29-48,50-63H,3-28H2,1-2H3;16-32H,2-15H2,1H3;15-31H,2-14H2,1H3/t29?,30?,31?,32?,33-,34-,35?,36?,37?,38?,39+,40+,41+,42+,43-,44-,45-,46-,47-,48-;16?,17?,18-,19?,20?,21+,22+,23-,24-,25-;15?,16?,17-,18?,19?,20+,21+,22-,23-,24-/m000/s1. The van der Waals surface area contributed by atoms with Crippen LogP contribution in [0.3, 0.4) is 0 Å². The van der Waals surface area contributed by atoms with Gasteiger partial charge in [0.25, 0.3) is 0 Å². The highest BCUT2D eigenvalue weighted by molar-refractivity contribution is 5.00. The molecule has 0 saturated carbocycles. The summed E-state index contributed by atoms with van der Waals surface area (Å²) < 4.78 is 114. The van der Waals surface area contributed by atoms with Gasteiger partial charge in [0.2, 0.25) is 0 Å². The molecule has 8 fully saturated rings. The van der Waals surface area contributed by atoms with Gasteiger partial charge in [-0.05, 0) is 32.1 Å². The molecule has 0 bridgehead atoms. The third-order valence-corrected chi connectivity index (χ3v) is 27.6. The first-order valence-corrected chi connectivity index (χ1v) is 53.4. The maximum Gasteiger partial charge on any atom is 0.187 e. The minimum absolute atomic E-state index is 0.0991. The van der Waals surface area contributed by atoms with Crippen LogP contribution in [-0.4, -0.2) is 521 Å². The SMILES string of the molecule is CCCCCCCCCCOCC(COCCCCCCCCCC)(CO[C@H]1OC(CO)[C@H](O[C@@H]2OC(CO)[C@H](O)C(O)[C@H]2O)C(O)[C@H]1O)CO[C@H]1OC(CO)[C@H](O[C@@H]2OC(CO)[C@H](O)C(O)[C@H]2O)C(O)[C@H]1O.CCCCCCCCCCOCCCO[C@H]1OC(CO)[C@H](O[C@@H]2OC(CO)[C@H](O)C(O)[C@H]2O)C(O)[C@H]1O.CCCCCCCCCCOCCO[C@H]1OC(CO)[C@H](O[C@@H]2OC(CO)[C@H](O)C(O)[C@H]2O)C(O)[C@H]1O. The van der Waals surface area contributed by atoms with E-state index >= 15 is 0 Å². The molecule has 40 atom stereocenters. The molecule has 48 heteroatoms. The minimum Gasteiger partial charge on any atom is -0.394 e. The Labute approximate surface area is 857 Å².